The van der Waals surface area contributed by atoms with Crippen LogP contribution in [0.3, 0.4) is 0 Å². The summed E-state index contributed by atoms with van der Waals surface area (Å²) in [6.07, 6.45) is -0.861. The first kappa shape index (κ1) is 18.5. The van der Waals surface area contributed by atoms with Gasteiger partial charge in [0.2, 0.25) is 5.91 Å². The van der Waals surface area contributed by atoms with Crippen LogP contribution in [0, 0.1) is 0 Å². The molecule has 1 saturated carbocycles. The summed E-state index contributed by atoms with van der Waals surface area (Å²) in [6, 6.07) is 13.1. The Morgan fingerprint density at radius 1 is 1.08 bits per heavy atom. The van der Waals surface area contributed by atoms with Crippen molar-refractivity contribution in [1.82, 2.24) is 5.32 Å². The quantitative estimate of drug-likeness (QED) is 0.770. The smallest absolute Gasteiger partial charge is 0.352 e. The normalized spacial score (nSPS) is 15.5. The molecule has 0 heterocycles. The zero-order chi connectivity index (χ0) is 18.8. The van der Waals surface area contributed by atoms with Crippen LogP contribution in [0.1, 0.15) is 48.4 Å². The molecule has 138 valence electrons. The zero-order valence-electron chi connectivity index (χ0n) is 14.7. The topological polar surface area (TPSA) is 29.1 Å². The van der Waals surface area contributed by atoms with Gasteiger partial charge in [-0.15, -0.1) is 0 Å². The second-order valence-electron chi connectivity index (χ2n) is 6.98. The summed E-state index contributed by atoms with van der Waals surface area (Å²) in [5.74, 6) is -0.291. The first-order valence-electron chi connectivity index (χ1n) is 8.85. The van der Waals surface area contributed by atoms with Crippen LogP contribution >= 0.6 is 0 Å². The number of rotatable bonds is 6. The van der Waals surface area contributed by atoms with Crippen molar-refractivity contribution in [2.75, 3.05) is 0 Å². The van der Waals surface area contributed by atoms with Crippen molar-refractivity contribution >= 4 is 5.91 Å². The van der Waals surface area contributed by atoms with E-state index in [4.69, 9.17) is 0 Å². The Morgan fingerprint density at radius 2 is 1.77 bits per heavy atom. The Hall–Kier alpha value is -2.30. The highest BCUT2D eigenvalue weighted by molar-refractivity contribution is 5.78. The Balaban J connectivity index is 1.54. The Bertz CT molecular complexity index is 777. The highest BCUT2D eigenvalue weighted by Gasteiger charge is 2.41. The molecule has 5 heteroatoms. The van der Waals surface area contributed by atoms with Crippen LogP contribution in [0.5, 0.6) is 0 Å². The SMILES string of the molecule is CCC1(c2ccc(CNC(=O)Cc3cccc(C(F)(F)F)c3)cc2)CC1. The molecule has 1 aliphatic carbocycles. The number of carbonyl (C=O) groups excluding carboxylic acids is 1. The minimum Gasteiger partial charge on any atom is -0.352 e. The van der Waals surface area contributed by atoms with Gasteiger partial charge >= 0.3 is 6.18 Å². The van der Waals surface area contributed by atoms with E-state index in [0.717, 1.165) is 24.1 Å². The Kier molecular flexibility index (Phi) is 5.08. The number of alkyl halides is 3. The predicted octanol–water partition coefficient (Wildman–Crippen LogP) is 5.01. The largest absolute Gasteiger partial charge is 0.416 e. The van der Waals surface area contributed by atoms with Gasteiger partial charge in [-0.3, -0.25) is 4.79 Å². The van der Waals surface area contributed by atoms with Gasteiger partial charge in [0.05, 0.1) is 12.0 Å². The minimum absolute atomic E-state index is 0.0685. The van der Waals surface area contributed by atoms with Gasteiger partial charge in [-0.25, -0.2) is 0 Å². The summed E-state index contributed by atoms with van der Waals surface area (Å²) in [5, 5.41) is 2.77. The molecule has 2 aromatic rings. The lowest BCUT2D eigenvalue weighted by molar-refractivity contribution is -0.137. The standard InChI is InChI=1S/C21H22F3NO/c1-2-20(10-11-20)17-8-6-15(7-9-17)14-25-19(26)13-16-4-3-5-18(12-16)21(22,23)24/h3-9,12H,2,10-11,13-14H2,1H3,(H,25,26). The summed E-state index contributed by atoms with van der Waals surface area (Å²) in [6.45, 7) is 2.58. The van der Waals surface area contributed by atoms with E-state index in [9.17, 15) is 18.0 Å². The van der Waals surface area contributed by atoms with Crippen LogP contribution in [0.15, 0.2) is 48.5 Å². The van der Waals surface area contributed by atoms with E-state index < -0.39 is 11.7 Å². The van der Waals surface area contributed by atoms with E-state index in [1.807, 2.05) is 12.1 Å². The zero-order valence-corrected chi connectivity index (χ0v) is 14.7. The van der Waals surface area contributed by atoms with Gasteiger partial charge < -0.3 is 5.32 Å². The third kappa shape index (κ3) is 4.26. The minimum atomic E-state index is -4.40. The maximum absolute atomic E-state index is 12.7. The average Bonchev–Trinajstić information content (AvgIpc) is 3.41. The van der Waals surface area contributed by atoms with Crippen LogP contribution in [-0.4, -0.2) is 5.91 Å². The second-order valence-corrected chi connectivity index (χ2v) is 6.98. The van der Waals surface area contributed by atoms with Crippen LogP contribution in [-0.2, 0) is 29.4 Å². The molecule has 0 saturated heterocycles. The number of carbonyl (C=O) groups is 1. The van der Waals surface area contributed by atoms with Gasteiger partial charge in [0, 0.05) is 6.54 Å². The maximum atomic E-state index is 12.7. The number of amides is 1. The fourth-order valence-corrected chi connectivity index (χ4v) is 3.28. The molecule has 0 radical (unpaired) electrons. The van der Waals surface area contributed by atoms with Gasteiger partial charge in [-0.05, 0) is 47.4 Å². The van der Waals surface area contributed by atoms with Crippen molar-refractivity contribution in [3.8, 4) is 0 Å². The van der Waals surface area contributed by atoms with E-state index in [2.05, 4.69) is 24.4 Å². The highest BCUT2D eigenvalue weighted by atomic mass is 19.4. The maximum Gasteiger partial charge on any atom is 0.416 e. The number of hydrogen-bond donors (Lipinski definition) is 1. The molecule has 3 rings (SSSR count). The Morgan fingerprint density at radius 3 is 2.35 bits per heavy atom. The number of halogens is 3. The molecule has 2 nitrogen and oxygen atoms in total. The van der Waals surface area contributed by atoms with Crippen molar-refractivity contribution < 1.29 is 18.0 Å². The highest BCUT2D eigenvalue weighted by Crippen LogP contribution is 2.50. The lowest BCUT2D eigenvalue weighted by atomic mass is 9.92. The third-order valence-electron chi connectivity index (χ3n) is 5.21. The number of hydrogen-bond acceptors (Lipinski definition) is 1. The molecule has 2 aromatic carbocycles. The molecule has 1 aliphatic rings. The van der Waals surface area contributed by atoms with Crippen molar-refractivity contribution in [2.24, 2.45) is 0 Å². The molecule has 0 unspecified atom stereocenters. The van der Waals surface area contributed by atoms with Gasteiger partial charge in [0.1, 0.15) is 0 Å². The van der Waals surface area contributed by atoms with Gasteiger partial charge in [0.25, 0.3) is 0 Å². The summed E-state index contributed by atoms with van der Waals surface area (Å²) >= 11 is 0. The molecule has 0 atom stereocenters. The first-order chi connectivity index (χ1) is 12.3. The molecule has 0 bridgehead atoms. The van der Waals surface area contributed by atoms with Crippen LogP contribution in [0.4, 0.5) is 13.2 Å². The van der Waals surface area contributed by atoms with Crippen molar-refractivity contribution in [2.45, 2.75) is 50.7 Å². The lowest BCUT2D eigenvalue weighted by Gasteiger charge is -2.13. The van der Waals surface area contributed by atoms with E-state index >= 15 is 0 Å². The van der Waals surface area contributed by atoms with Crippen molar-refractivity contribution in [3.05, 3.63) is 70.8 Å². The van der Waals surface area contributed by atoms with E-state index in [1.165, 1.54) is 30.5 Å². The predicted molar refractivity (Wildman–Crippen MR) is 94.6 cm³/mol. The number of benzene rings is 2. The van der Waals surface area contributed by atoms with Crippen molar-refractivity contribution in [1.29, 1.82) is 0 Å². The molecule has 1 N–H and O–H groups in total. The summed E-state index contributed by atoms with van der Waals surface area (Å²) in [7, 11) is 0. The van der Waals surface area contributed by atoms with Crippen LogP contribution < -0.4 is 5.32 Å². The third-order valence-corrected chi connectivity index (χ3v) is 5.21. The van der Waals surface area contributed by atoms with E-state index in [1.54, 1.807) is 0 Å². The number of nitrogens with one attached hydrogen (secondary N) is 1. The average molecular weight is 361 g/mol. The molecular weight excluding hydrogens is 339 g/mol. The molecule has 1 amide bonds. The molecule has 0 aliphatic heterocycles. The first-order valence-corrected chi connectivity index (χ1v) is 8.85. The molecular formula is C21H22F3NO. The summed E-state index contributed by atoms with van der Waals surface area (Å²) in [4.78, 5) is 12.0. The van der Waals surface area contributed by atoms with E-state index in [0.29, 0.717) is 17.5 Å². The lowest BCUT2D eigenvalue weighted by Crippen LogP contribution is -2.24. The van der Waals surface area contributed by atoms with Crippen molar-refractivity contribution in [3.63, 3.8) is 0 Å². The fourth-order valence-electron chi connectivity index (χ4n) is 3.28. The molecule has 0 spiro atoms. The van der Waals surface area contributed by atoms with Crippen LogP contribution in [0.25, 0.3) is 0 Å². The van der Waals surface area contributed by atoms with E-state index in [-0.39, 0.29) is 12.3 Å². The van der Waals surface area contributed by atoms with Gasteiger partial charge in [-0.1, -0.05) is 49.4 Å². The molecule has 26 heavy (non-hydrogen) atoms. The fraction of sp³-hybridized carbons (Fsp3) is 0.381. The molecule has 0 aromatic heterocycles. The van der Waals surface area contributed by atoms with Gasteiger partial charge in [-0.2, -0.15) is 13.2 Å². The summed E-state index contributed by atoms with van der Waals surface area (Å²) in [5.41, 5.74) is 2.30. The summed E-state index contributed by atoms with van der Waals surface area (Å²) < 4.78 is 38.2. The second kappa shape index (κ2) is 7.14. The monoisotopic (exact) mass is 361 g/mol. The Labute approximate surface area is 151 Å². The van der Waals surface area contributed by atoms with Crippen LogP contribution in [0.2, 0.25) is 0 Å². The van der Waals surface area contributed by atoms with Gasteiger partial charge in [0.15, 0.2) is 0 Å². The molecule has 1 fully saturated rings.